The molecule has 0 spiro atoms. The monoisotopic (exact) mass is 296 g/mol. The van der Waals surface area contributed by atoms with E-state index in [0.717, 1.165) is 11.1 Å². The third-order valence-corrected chi connectivity index (χ3v) is 3.98. The van der Waals surface area contributed by atoms with E-state index in [4.69, 9.17) is 0 Å². The van der Waals surface area contributed by atoms with E-state index in [0.29, 0.717) is 6.54 Å². The molecule has 1 aromatic rings. The molecule has 0 saturated heterocycles. The summed E-state index contributed by atoms with van der Waals surface area (Å²) in [5, 5.41) is 29.7. The Morgan fingerprint density at radius 1 is 1.38 bits per heavy atom. The number of nitro groups is 1. The third kappa shape index (κ3) is 4.23. The first-order chi connectivity index (χ1) is 9.74. The predicted octanol–water partition coefficient (Wildman–Crippen LogP) is 1.89. The van der Waals surface area contributed by atoms with Gasteiger partial charge in [-0.1, -0.05) is 13.0 Å². The van der Waals surface area contributed by atoms with Crippen molar-refractivity contribution < 1.29 is 15.1 Å². The Morgan fingerprint density at radius 3 is 2.43 bits per heavy atom. The number of hydrogen-bond acceptors (Lipinski definition) is 5. The molecule has 118 valence electrons. The topological polar surface area (TPSA) is 86.8 Å². The molecule has 6 heteroatoms. The average Bonchev–Trinajstić information content (AvgIpc) is 2.46. The first kappa shape index (κ1) is 17.6. The number of rotatable bonds is 7. The molecular weight excluding hydrogens is 272 g/mol. The molecule has 21 heavy (non-hydrogen) atoms. The number of nitro benzene ring substituents is 1. The van der Waals surface area contributed by atoms with Gasteiger partial charge in [-0.3, -0.25) is 15.0 Å². The summed E-state index contributed by atoms with van der Waals surface area (Å²) >= 11 is 0. The summed E-state index contributed by atoms with van der Waals surface area (Å²) in [6.45, 7) is 5.94. The SMILES string of the molecule is Cc1ccc([N+](=O)[O-])cc1C(C)N(C)CC(C)(CO)CO. The molecule has 1 atom stereocenters. The van der Waals surface area contributed by atoms with E-state index in [-0.39, 0.29) is 24.9 Å². The molecule has 0 aliphatic heterocycles. The van der Waals surface area contributed by atoms with Gasteiger partial charge in [0.2, 0.25) is 0 Å². The van der Waals surface area contributed by atoms with E-state index < -0.39 is 10.3 Å². The second-order valence-corrected chi connectivity index (χ2v) is 6.02. The Morgan fingerprint density at radius 2 is 1.95 bits per heavy atom. The molecule has 2 N–H and O–H groups in total. The number of benzene rings is 1. The van der Waals surface area contributed by atoms with Crippen LogP contribution < -0.4 is 0 Å². The molecule has 0 radical (unpaired) electrons. The van der Waals surface area contributed by atoms with E-state index in [9.17, 15) is 20.3 Å². The van der Waals surface area contributed by atoms with Crippen LogP contribution in [-0.2, 0) is 0 Å². The maximum atomic E-state index is 10.9. The van der Waals surface area contributed by atoms with Crippen LogP contribution in [0.25, 0.3) is 0 Å². The predicted molar refractivity (Wildman–Crippen MR) is 81.2 cm³/mol. The zero-order valence-electron chi connectivity index (χ0n) is 13.0. The van der Waals surface area contributed by atoms with Gasteiger partial charge in [-0.2, -0.15) is 0 Å². The normalized spacial score (nSPS) is 13.5. The van der Waals surface area contributed by atoms with Gasteiger partial charge < -0.3 is 10.2 Å². The van der Waals surface area contributed by atoms with Crippen LogP contribution in [0.4, 0.5) is 5.69 Å². The van der Waals surface area contributed by atoms with Gasteiger partial charge in [0.15, 0.2) is 0 Å². The first-order valence-electron chi connectivity index (χ1n) is 6.91. The minimum Gasteiger partial charge on any atom is -0.396 e. The summed E-state index contributed by atoms with van der Waals surface area (Å²) in [6.07, 6.45) is 0. The van der Waals surface area contributed by atoms with E-state index in [2.05, 4.69) is 0 Å². The van der Waals surface area contributed by atoms with Crippen LogP contribution in [0.1, 0.15) is 31.0 Å². The van der Waals surface area contributed by atoms with Crippen LogP contribution in [0.5, 0.6) is 0 Å². The van der Waals surface area contributed by atoms with Crippen molar-refractivity contribution in [2.75, 3.05) is 26.8 Å². The molecule has 0 aliphatic rings. The number of hydrogen-bond donors (Lipinski definition) is 2. The average molecular weight is 296 g/mol. The van der Waals surface area contributed by atoms with Gasteiger partial charge in [0.1, 0.15) is 0 Å². The Hall–Kier alpha value is -1.50. The second-order valence-electron chi connectivity index (χ2n) is 6.02. The standard InChI is InChI=1S/C15H24N2O4/c1-11-5-6-13(17(20)21)7-14(11)12(2)16(4)8-15(3,9-18)10-19/h5-7,12,18-19H,8-10H2,1-4H3. The lowest BCUT2D eigenvalue weighted by Gasteiger charge is -2.34. The highest BCUT2D eigenvalue weighted by molar-refractivity contribution is 5.40. The Balaban J connectivity index is 2.99. The Kier molecular flexibility index (Phi) is 5.83. The lowest BCUT2D eigenvalue weighted by Crippen LogP contribution is -2.40. The van der Waals surface area contributed by atoms with Crippen molar-refractivity contribution in [3.8, 4) is 0 Å². The number of non-ortho nitro benzene ring substituents is 1. The van der Waals surface area contributed by atoms with Gasteiger partial charge in [0, 0.05) is 30.1 Å². The summed E-state index contributed by atoms with van der Waals surface area (Å²) < 4.78 is 0. The third-order valence-electron chi connectivity index (χ3n) is 3.98. The fourth-order valence-electron chi connectivity index (χ4n) is 2.32. The van der Waals surface area contributed by atoms with Gasteiger partial charge in [0.05, 0.1) is 18.1 Å². The highest BCUT2D eigenvalue weighted by Crippen LogP contribution is 2.28. The minimum atomic E-state index is -0.600. The Bertz CT molecular complexity index is 500. The molecule has 0 fully saturated rings. The van der Waals surface area contributed by atoms with E-state index in [1.807, 2.05) is 25.8 Å². The Labute approximate surface area is 125 Å². The second kappa shape index (κ2) is 6.98. The van der Waals surface area contributed by atoms with Crippen molar-refractivity contribution in [1.29, 1.82) is 0 Å². The van der Waals surface area contributed by atoms with Crippen molar-refractivity contribution in [1.82, 2.24) is 4.90 Å². The number of aliphatic hydroxyl groups is 2. The molecular formula is C15H24N2O4. The van der Waals surface area contributed by atoms with E-state index >= 15 is 0 Å². The number of nitrogens with zero attached hydrogens (tertiary/aromatic N) is 2. The molecule has 6 nitrogen and oxygen atoms in total. The molecule has 0 amide bonds. The number of aliphatic hydroxyl groups excluding tert-OH is 2. The summed E-state index contributed by atoms with van der Waals surface area (Å²) in [6, 6.07) is 4.78. The molecule has 0 saturated carbocycles. The smallest absolute Gasteiger partial charge is 0.269 e. The zero-order valence-corrected chi connectivity index (χ0v) is 13.0. The largest absolute Gasteiger partial charge is 0.396 e. The summed E-state index contributed by atoms with van der Waals surface area (Å²) in [4.78, 5) is 12.5. The molecule has 0 bridgehead atoms. The van der Waals surface area contributed by atoms with Crippen LogP contribution in [0, 0.1) is 22.5 Å². The molecule has 1 aromatic carbocycles. The first-order valence-corrected chi connectivity index (χ1v) is 6.91. The van der Waals surface area contributed by atoms with Crippen LogP contribution in [0.15, 0.2) is 18.2 Å². The molecule has 0 heterocycles. The lowest BCUT2D eigenvalue weighted by molar-refractivity contribution is -0.385. The van der Waals surface area contributed by atoms with Crippen LogP contribution in [-0.4, -0.2) is 46.8 Å². The van der Waals surface area contributed by atoms with Crippen molar-refractivity contribution in [3.05, 3.63) is 39.4 Å². The highest BCUT2D eigenvalue weighted by Gasteiger charge is 2.27. The van der Waals surface area contributed by atoms with Gasteiger partial charge in [-0.25, -0.2) is 0 Å². The summed E-state index contributed by atoms with van der Waals surface area (Å²) in [5.41, 5.74) is 1.33. The van der Waals surface area contributed by atoms with Crippen LogP contribution in [0.2, 0.25) is 0 Å². The molecule has 1 rings (SSSR count). The summed E-state index contributed by atoms with van der Waals surface area (Å²) in [7, 11) is 1.88. The molecule has 0 aliphatic carbocycles. The maximum absolute atomic E-state index is 10.9. The van der Waals surface area contributed by atoms with E-state index in [1.54, 1.807) is 19.1 Å². The van der Waals surface area contributed by atoms with Gasteiger partial charge in [-0.05, 0) is 32.0 Å². The lowest BCUT2D eigenvalue weighted by atomic mass is 9.91. The highest BCUT2D eigenvalue weighted by atomic mass is 16.6. The van der Waals surface area contributed by atoms with E-state index in [1.165, 1.54) is 6.07 Å². The molecule has 0 aromatic heterocycles. The quantitative estimate of drug-likeness (QED) is 0.592. The van der Waals surface area contributed by atoms with Gasteiger partial charge in [-0.15, -0.1) is 0 Å². The fraction of sp³-hybridized carbons (Fsp3) is 0.600. The maximum Gasteiger partial charge on any atom is 0.269 e. The minimum absolute atomic E-state index is 0.0534. The number of aryl methyl sites for hydroxylation is 1. The molecule has 1 unspecified atom stereocenters. The van der Waals surface area contributed by atoms with Crippen molar-refractivity contribution in [2.45, 2.75) is 26.8 Å². The zero-order chi connectivity index (χ0) is 16.2. The van der Waals surface area contributed by atoms with Crippen molar-refractivity contribution in [3.63, 3.8) is 0 Å². The van der Waals surface area contributed by atoms with Crippen LogP contribution >= 0.6 is 0 Å². The van der Waals surface area contributed by atoms with Gasteiger partial charge in [0.25, 0.3) is 5.69 Å². The summed E-state index contributed by atoms with van der Waals surface area (Å²) in [5.74, 6) is 0. The van der Waals surface area contributed by atoms with Crippen molar-refractivity contribution >= 4 is 5.69 Å². The fourth-order valence-corrected chi connectivity index (χ4v) is 2.32. The van der Waals surface area contributed by atoms with Crippen molar-refractivity contribution in [2.24, 2.45) is 5.41 Å². The van der Waals surface area contributed by atoms with Crippen LogP contribution in [0.3, 0.4) is 0 Å². The van der Waals surface area contributed by atoms with Gasteiger partial charge >= 0.3 is 0 Å².